The first-order valence-electron chi connectivity index (χ1n) is 16.4. The molecule has 3 heterocycles. The van der Waals surface area contributed by atoms with Gasteiger partial charge in [-0.3, -0.25) is 4.57 Å². The van der Waals surface area contributed by atoms with Crippen molar-refractivity contribution in [2.45, 2.75) is 19.3 Å². The predicted octanol–water partition coefficient (Wildman–Crippen LogP) is 11.2. The minimum atomic E-state index is 0.119. The van der Waals surface area contributed by atoms with E-state index >= 15 is 0 Å². The molecule has 0 fully saturated rings. The summed E-state index contributed by atoms with van der Waals surface area (Å²) in [6.45, 7) is 2.15. The first kappa shape index (κ1) is 28.0. The molecule has 2 aliphatic rings. The van der Waals surface area contributed by atoms with Crippen LogP contribution in [0.5, 0.6) is 0 Å². The molecule has 0 saturated heterocycles. The van der Waals surface area contributed by atoms with Gasteiger partial charge in [-0.15, -0.1) is 0 Å². The minimum Gasteiger partial charge on any atom is -0.347 e. The number of nitriles is 1. The van der Waals surface area contributed by atoms with Crippen molar-refractivity contribution in [3.63, 3.8) is 0 Å². The Balaban J connectivity index is 1.28. The zero-order chi connectivity index (χ0) is 32.2. The maximum Gasteiger partial charge on any atom is 0.122 e. The van der Waals surface area contributed by atoms with Crippen molar-refractivity contribution in [2.24, 2.45) is 0 Å². The van der Waals surface area contributed by atoms with Gasteiger partial charge >= 0.3 is 0 Å². The normalized spacial score (nSPS) is 15.5. The number of fused-ring (bicyclic) bond motifs is 6. The van der Waals surface area contributed by atoms with Crippen LogP contribution >= 0.6 is 0 Å². The second-order valence-corrected chi connectivity index (χ2v) is 12.6. The van der Waals surface area contributed by atoms with Gasteiger partial charge in [0.1, 0.15) is 5.82 Å². The number of anilines is 1. The van der Waals surface area contributed by atoms with Crippen LogP contribution in [0.1, 0.15) is 36.0 Å². The highest BCUT2D eigenvalue weighted by Gasteiger charge is 2.28. The van der Waals surface area contributed by atoms with Crippen molar-refractivity contribution in [3.8, 4) is 22.9 Å². The molecule has 48 heavy (non-hydrogen) atoms. The Morgan fingerprint density at radius 2 is 1.44 bits per heavy atom. The molecule has 1 aliphatic carbocycles. The molecule has 4 heteroatoms. The zero-order valence-electron chi connectivity index (χ0n) is 26.6. The Kier molecular flexibility index (Phi) is 6.52. The van der Waals surface area contributed by atoms with Crippen LogP contribution in [0.3, 0.4) is 0 Å². The van der Waals surface area contributed by atoms with Crippen LogP contribution in [0.4, 0.5) is 5.82 Å². The molecule has 4 nitrogen and oxygen atoms in total. The van der Waals surface area contributed by atoms with E-state index in [1.807, 2.05) is 12.1 Å². The number of hydrogen-bond donors (Lipinski definition) is 1. The lowest BCUT2D eigenvalue weighted by Crippen LogP contribution is -2.13. The Labute approximate surface area is 279 Å². The predicted molar refractivity (Wildman–Crippen MR) is 200 cm³/mol. The van der Waals surface area contributed by atoms with E-state index in [2.05, 4.69) is 167 Å². The molecule has 1 N–H and O–H groups in total. The highest BCUT2D eigenvalue weighted by molar-refractivity contribution is 6.14. The van der Waals surface area contributed by atoms with Crippen molar-refractivity contribution >= 4 is 50.3 Å². The van der Waals surface area contributed by atoms with Gasteiger partial charge in [-0.2, -0.15) is 5.26 Å². The largest absolute Gasteiger partial charge is 0.347 e. The maximum atomic E-state index is 9.51. The SMILES string of the molecule is CC1=Cc2c(n(C3=CC=CCC3c3ccccc3-c3cccc4c5ccccc5n(-c5ccc(C#N)cc5)c34)c3ccccc23)NC=C1. The highest BCUT2D eigenvalue weighted by Crippen LogP contribution is 2.46. The molecule has 9 rings (SSSR count). The summed E-state index contributed by atoms with van der Waals surface area (Å²) in [5, 5.41) is 16.8. The van der Waals surface area contributed by atoms with Gasteiger partial charge in [0.15, 0.2) is 0 Å². The molecule has 2 aromatic heterocycles. The van der Waals surface area contributed by atoms with Gasteiger partial charge in [0.25, 0.3) is 0 Å². The quantitative estimate of drug-likeness (QED) is 0.214. The van der Waals surface area contributed by atoms with Crippen molar-refractivity contribution in [2.75, 3.05) is 5.32 Å². The zero-order valence-corrected chi connectivity index (χ0v) is 26.6. The van der Waals surface area contributed by atoms with E-state index < -0.39 is 0 Å². The van der Waals surface area contributed by atoms with E-state index in [0.717, 1.165) is 23.4 Å². The molecule has 1 atom stereocenters. The smallest absolute Gasteiger partial charge is 0.122 e. The Morgan fingerprint density at radius 1 is 0.729 bits per heavy atom. The molecule has 0 spiro atoms. The fraction of sp³-hybridized carbons (Fsp3) is 0.0682. The number of para-hydroxylation sites is 3. The van der Waals surface area contributed by atoms with Gasteiger partial charge in [0.2, 0.25) is 0 Å². The van der Waals surface area contributed by atoms with E-state index in [0.29, 0.717) is 5.56 Å². The van der Waals surface area contributed by atoms with Crippen LogP contribution < -0.4 is 5.32 Å². The molecule has 0 radical (unpaired) electrons. The molecular formula is C44H32N4. The van der Waals surface area contributed by atoms with E-state index in [-0.39, 0.29) is 5.92 Å². The number of aromatic nitrogens is 2. The second-order valence-electron chi connectivity index (χ2n) is 12.6. The molecule has 0 amide bonds. The third-order valence-corrected chi connectivity index (χ3v) is 9.82. The fourth-order valence-electron chi connectivity index (χ4n) is 7.72. The van der Waals surface area contributed by atoms with E-state index in [4.69, 9.17) is 0 Å². The summed E-state index contributed by atoms with van der Waals surface area (Å²) in [6, 6.07) is 43.1. The molecule has 1 aliphatic heterocycles. The number of nitrogens with one attached hydrogen (secondary N) is 1. The van der Waals surface area contributed by atoms with Crippen LogP contribution in [0.25, 0.3) is 61.3 Å². The number of benzene rings is 5. The number of hydrogen-bond acceptors (Lipinski definition) is 2. The molecule has 1 unspecified atom stereocenters. The molecule has 0 bridgehead atoms. The average Bonchev–Trinajstić information content (AvgIpc) is 3.56. The van der Waals surface area contributed by atoms with E-state index in [1.54, 1.807) is 0 Å². The molecule has 7 aromatic rings. The van der Waals surface area contributed by atoms with Crippen LogP contribution in [-0.2, 0) is 0 Å². The van der Waals surface area contributed by atoms with Crippen LogP contribution in [0.15, 0.2) is 151 Å². The summed E-state index contributed by atoms with van der Waals surface area (Å²) in [6.07, 6.45) is 14.2. The summed E-state index contributed by atoms with van der Waals surface area (Å²) < 4.78 is 4.79. The van der Waals surface area contributed by atoms with Gasteiger partial charge in [0.05, 0.1) is 28.2 Å². The second kappa shape index (κ2) is 11.2. The topological polar surface area (TPSA) is 45.7 Å². The first-order chi connectivity index (χ1) is 23.7. The molecular weight excluding hydrogens is 585 g/mol. The summed E-state index contributed by atoms with van der Waals surface area (Å²) in [7, 11) is 0. The lowest BCUT2D eigenvalue weighted by Gasteiger charge is -2.27. The Bertz CT molecular complexity index is 2580. The van der Waals surface area contributed by atoms with Crippen molar-refractivity contribution in [1.82, 2.24) is 9.13 Å². The van der Waals surface area contributed by atoms with Gasteiger partial charge < -0.3 is 9.88 Å². The van der Waals surface area contributed by atoms with Crippen LogP contribution in [0.2, 0.25) is 0 Å². The molecule has 5 aromatic carbocycles. The number of nitrogens with zero attached hydrogens (tertiary/aromatic N) is 3. The summed E-state index contributed by atoms with van der Waals surface area (Å²) in [4.78, 5) is 0. The van der Waals surface area contributed by atoms with Crippen molar-refractivity contribution in [3.05, 3.63) is 168 Å². The third-order valence-electron chi connectivity index (χ3n) is 9.82. The number of rotatable bonds is 4. The third kappa shape index (κ3) is 4.29. The minimum absolute atomic E-state index is 0.119. The van der Waals surface area contributed by atoms with Gasteiger partial charge in [-0.1, -0.05) is 91.0 Å². The summed E-state index contributed by atoms with van der Waals surface area (Å²) >= 11 is 0. The molecule has 0 saturated carbocycles. The van der Waals surface area contributed by atoms with Crippen LogP contribution in [0, 0.1) is 11.3 Å². The monoisotopic (exact) mass is 616 g/mol. The maximum absolute atomic E-state index is 9.51. The van der Waals surface area contributed by atoms with Crippen molar-refractivity contribution < 1.29 is 0 Å². The van der Waals surface area contributed by atoms with Gasteiger partial charge in [-0.25, -0.2) is 0 Å². The summed E-state index contributed by atoms with van der Waals surface area (Å²) in [5.41, 5.74) is 12.6. The van der Waals surface area contributed by atoms with E-state index in [1.165, 1.54) is 60.7 Å². The van der Waals surface area contributed by atoms with Gasteiger partial charge in [-0.05, 0) is 84.7 Å². The van der Waals surface area contributed by atoms with E-state index in [9.17, 15) is 5.26 Å². The lowest BCUT2D eigenvalue weighted by atomic mass is 9.84. The summed E-state index contributed by atoms with van der Waals surface area (Å²) in [5.74, 6) is 1.21. The fourth-order valence-corrected chi connectivity index (χ4v) is 7.72. The highest BCUT2D eigenvalue weighted by atomic mass is 15.1. The van der Waals surface area contributed by atoms with Crippen LogP contribution in [-0.4, -0.2) is 9.13 Å². The Morgan fingerprint density at radius 3 is 2.27 bits per heavy atom. The first-order valence-corrected chi connectivity index (χ1v) is 16.4. The lowest BCUT2D eigenvalue weighted by molar-refractivity contribution is 0.827. The standard InChI is InChI=1S/C44H32N4/c1-29-25-26-46-44-39(27-29)36-15-6-9-20-42(36)48(44)41-19-8-4-13-34(41)32-11-2-3-12-33(32)37-16-10-17-38-35-14-5-7-18-40(35)47(43(37)38)31-23-21-30(28-45)22-24-31/h2-12,14-27,34,46H,13H2,1H3. The van der Waals surface area contributed by atoms with Gasteiger partial charge in [0, 0.05) is 50.8 Å². The van der Waals surface area contributed by atoms with Crippen molar-refractivity contribution in [1.29, 1.82) is 5.26 Å². The molecule has 228 valence electrons. The Hall–Kier alpha value is -6.31. The average molecular weight is 617 g/mol. The number of allylic oxidation sites excluding steroid dienone is 6.